The van der Waals surface area contributed by atoms with Gasteiger partial charge in [-0.15, -0.1) is 0 Å². The van der Waals surface area contributed by atoms with Crippen molar-refractivity contribution in [1.82, 2.24) is 9.88 Å². The van der Waals surface area contributed by atoms with Gasteiger partial charge in [-0.2, -0.15) is 0 Å². The van der Waals surface area contributed by atoms with Crippen molar-refractivity contribution >= 4 is 34.4 Å². The molecule has 1 heterocycles. The topological polar surface area (TPSA) is 71.3 Å². The third-order valence-corrected chi connectivity index (χ3v) is 5.52. The van der Waals surface area contributed by atoms with Gasteiger partial charge >= 0.3 is 5.97 Å². The van der Waals surface area contributed by atoms with Gasteiger partial charge in [-0.05, 0) is 54.4 Å². The van der Waals surface area contributed by atoms with Gasteiger partial charge in [-0.3, -0.25) is 4.79 Å². The summed E-state index contributed by atoms with van der Waals surface area (Å²) < 4.78 is 2.04. The number of fused-ring (bicyclic) bond motifs is 1. The summed E-state index contributed by atoms with van der Waals surface area (Å²) in [5, 5.41) is 13.7. The van der Waals surface area contributed by atoms with Crippen LogP contribution in [0.5, 0.6) is 0 Å². The predicted octanol–water partition coefficient (Wildman–Crippen LogP) is 5.53. The lowest BCUT2D eigenvalue weighted by molar-refractivity contribution is 0.0696. The van der Waals surface area contributed by atoms with Gasteiger partial charge in [0.05, 0.1) is 22.7 Å². The normalized spacial score (nSPS) is 11.9. The van der Waals surface area contributed by atoms with Gasteiger partial charge in [0.15, 0.2) is 0 Å². The lowest BCUT2D eigenvalue weighted by Crippen LogP contribution is -2.27. The van der Waals surface area contributed by atoms with E-state index in [4.69, 9.17) is 16.7 Å². The third kappa shape index (κ3) is 4.47. The lowest BCUT2D eigenvalue weighted by atomic mass is 10.0. The molecule has 156 valence electrons. The average Bonchev–Trinajstić information content (AvgIpc) is 3.16. The highest BCUT2D eigenvalue weighted by Crippen LogP contribution is 2.23. The number of hydrogen-bond acceptors (Lipinski definition) is 2. The molecule has 0 aliphatic rings. The molecule has 0 saturated carbocycles. The molecular weight excluding hydrogens is 412 g/mol. The summed E-state index contributed by atoms with van der Waals surface area (Å²) in [6.45, 7) is 2.47. The van der Waals surface area contributed by atoms with Gasteiger partial charge in [-0.1, -0.05) is 48.0 Å². The molecule has 3 aromatic carbocycles. The fraction of sp³-hybridized carbons (Fsp3) is 0.120. The summed E-state index contributed by atoms with van der Waals surface area (Å²) in [4.78, 5) is 24.2. The molecule has 2 N–H and O–H groups in total. The minimum absolute atomic E-state index is 0.188. The van der Waals surface area contributed by atoms with Crippen LogP contribution in [0.15, 0.2) is 79.0 Å². The number of amides is 1. The Morgan fingerprint density at radius 2 is 1.77 bits per heavy atom. The Labute approximate surface area is 184 Å². The second kappa shape index (κ2) is 8.66. The van der Waals surface area contributed by atoms with Gasteiger partial charge in [0.25, 0.3) is 5.91 Å². The third-order valence-electron chi connectivity index (χ3n) is 5.28. The van der Waals surface area contributed by atoms with Crippen LogP contribution in [0.3, 0.4) is 0 Å². The number of aromatic carboxylic acids is 1. The Morgan fingerprint density at radius 1 is 1.03 bits per heavy atom. The molecule has 0 aliphatic carbocycles. The van der Waals surface area contributed by atoms with Crippen molar-refractivity contribution in [2.75, 3.05) is 0 Å². The van der Waals surface area contributed by atoms with Crippen LogP contribution in [0.2, 0.25) is 5.02 Å². The molecule has 0 aliphatic heterocycles. The molecule has 6 heteroatoms. The maximum atomic E-state index is 13.1. The molecule has 0 fully saturated rings. The second-order valence-electron chi connectivity index (χ2n) is 7.44. The molecule has 31 heavy (non-hydrogen) atoms. The van der Waals surface area contributed by atoms with Gasteiger partial charge in [-0.25, -0.2) is 4.79 Å². The summed E-state index contributed by atoms with van der Waals surface area (Å²) in [7, 11) is 0. The zero-order chi connectivity index (χ0) is 22.0. The van der Waals surface area contributed by atoms with Crippen molar-refractivity contribution in [3.05, 3.63) is 106 Å². The maximum absolute atomic E-state index is 13.1. The first-order valence-corrected chi connectivity index (χ1v) is 10.3. The number of nitrogens with one attached hydrogen (secondary N) is 1. The van der Waals surface area contributed by atoms with E-state index < -0.39 is 5.97 Å². The van der Waals surface area contributed by atoms with Crippen LogP contribution >= 0.6 is 11.6 Å². The number of rotatable bonds is 6. The molecule has 4 aromatic rings. The number of halogens is 1. The Hall–Kier alpha value is -3.57. The highest BCUT2D eigenvalue weighted by Gasteiger charge is 2.17. The maximum Gasteiger partial charge on any atom is 0.335 e. The first-order chi connectivity index (χ1) is 14.9. The molecule has 0 bridgehead atoms. The van der Waals surface area contributed by atoms with E-state index in [1.807, 2.05) is 66.2 Å². The summed E-state index contributed by atoms with van der Waals surface area (Å²) in [6.07, 6.45) is 1.97. The summed E-state index contributed by atoms with van der Waals surface area (Å²) in [5.74, 6) is -1.16. The molecule has 0 saturated heterocycles. The molecule has 1 aromatic heterocycles. The van der Waals surface area contributed by atoms with E-state index in [1.54, 1.807) is 12.1 Å². The average molecular weight is 433 g/mol. The van der Waals surface area contributed by atoms with Crippen molar-refractivity contribution < 1.29 is 14.7 Å². The van der Waals surface area contributed by atoms with Gasteiger partial charge < -0.3 is 15.0 Å². The minimum atomic E-state index is -0.976. The van der Waals surface area contributed by atoms with E-state index in [-0.39, 0.29) is 17.5 Å². The monoisotopic (exact) mass is 432 g/mol. The lowest BCUT2D eigenvalue weighted by Gasteiger charge is -2.16. The van der Waals surface area contributed by atoms with Crippen LogP contribution in [0.1, 0.15) is 44.8 Å². The van der Waals surface area contributed by atoms with Gasteiger partial charge in [0.1, 0.15) is 0 Å². The number of nitrogens with zero attached hydrogens (tertiary/aromatic N) is 1. The molecular formula is C25H21ClN2O3. The quantitative estimate of drug-likeness (QED) is 0.420. The van der Waals surface area contributed by atoms with E-state index in [0.717, 1.165) is 22.0 Å². The van der Waals surface area contributed by atoms with E-state index in [2.05, 4.69) is 5.32 Å². The summed E-state index contributed by atoms with van der Waals surface area (Å²) in [6, 6.07) is 21.6. The Morgan fingerprint density at radius 3 is 2.48 bits per heavy atom. The smallest absolute Gasteiger partial charge is 0.335 e. The number of carboxylic acids is 1. The second-order valence-corrected chi connectivity index (χ2v) is 7.88. The van der Waals surface area contributed by atoms with Crippen LogP contribution in [-0.4, -0.2) is 21.6 Å². The molecule has 0 radical (unpaired) electrons. The first kappa shape index (κ1) is 20.7. The van der Waals surface area contributed by atoms with Crippen LogP contribution in [0.25, 0.3) is 10.9 Å². The van der Waals surface area contributed by atoms with Crippen molar-refractivity contribution in [3.8, 4) is 0 Å². The Bertz CT molecular complexity index is 1260. The molecule has 1 amide bonds. The largest absolute Gasteiger partial charge is 0.478 e. The number of carboxylic acid groups (broad SMARTS) is 1. The van der Waals surface area contributed by atoms with Crippen molar-refractivity contribution in [2.45, 2.75) is 19.5 Å². The number of aromatic nitrogens is 1. The van der Waals surface area contributed by atoms with E-state index in [0.29, 0.717) is 17.1 Å². The molecule has 1 unspecified atom stereocenters. The highest BCUT2D eigenvalue weighted by atomic mass is 35.5. The molecule has 5 nitrogen and oxygen atoms in total. The number of benzene rings is 3. The first-order valence-electron chi connectivity index (χ1n) is 9.89. The van der Waals surface area contributed by atoms with E-state index in [9.17, 15) is 9.59 Å². The van der Waals surface area contributed by atoms with Crippen LogP contribution in [-0.2, 0) is 6.54 Å². The minimum Gasteiger partial charge on any atom is -0.478 e. The molecule has 4 rings (SSSR count). The van der Waals surface area contributed by atoms with Crippen LogP contribution < -0.4 is 5.32 Å². The fourth-order valence-electron chi connectivity index (χ4n) is 3.68. The summed E-state index contributed by atoms with van der Waals surface area (Å²) >= 11 is 6.12. The summed E-state index contributed by atoms with van der Waals surface area (Å²) in [5.41, 5.74) is 3.53. The van der Waals surface area contributed by atoms with Gasteiger partial charge in [0.2, 0.25) is 0 Å². The van der Waals surface area contributed by atoms with E-state index in [1.165, 1.54) is 12.1 Å². The van der Waals surface area contributed by atoms with Crippen LogP contribution in [0, 0.1) is 0 Å². The predicted molar refractivity (Wildman–Crippen MR) is 122 cm³/mol. The Balaban J connectivity index is 1.60. The van der Waals surface area contributed by atoms with Crippen molar-refractivity contribution in [1.29, 1.82) is 0 Å². The number of hydrogen-bond donors (Lipinski definition) is 2. The Kier molecular flexibility index (Phi) is 5.78. The number of para-hydroxylation sites is 1. The van der Waals surface area contributed by atoms with Gasteiger partial charge in [0, 0.05) is 23.2 Å². The zero-order valence-corrected chi connectivity index (χ0v) is 17.6. The van der Waals surface area contributed by atoms with Crippen molar-refractivity contribution in [3.63, 3.8) is 0 Å². The number of carbonyl (C=O) groups excluding carboxylic acids is 1. The van der Waals surface area contributed by atoms with Crippen LogP contribution in [0.4, 0.5) is 0 Å². The molecule has 1 atom stereocenters. The number of carbonyl (C=O) groups is 2. The zero-order valence-electron chi connectivity index (χ0n) is 16.9. The SMILES string of the molecule is CC(NC(=O)c1cccc2ccn(Cc3cccc(Cl)c3)c12)c1ccc(C(=O)O)cc1. The standard InChI is InChI=1S/C25H21ClN2O3/c1-16(18-8-10-20(11-9-18)25(30)31)27-24(29)22-7-3-5-19-12-13-28(23(19)22)15-17-4-2-6-21(26)14-17/h2-14,16H,15H2,1H3,(H,27,29)(H,30,31). The van der Waals surface area contributed by atoms with E-state index >= 15 is 0 Å². The highest BCUT2D eigenvalue weighted by molar-refractivity contribution is 6.30. The fourth-order valence-corrected chi connectivity index (χ4v) is 3.89. The molecule has 0 spiro atoms. The van der Waals surface area contributed by atoms with Crippen molar-refractivity contribution in [2.24, 2.45) is 0 Å².